The maximum atomic E-state index is 2.55. The first kappa shape index (κ1) is 34.5. The van der Waals surface area contributed by atoms with Crippen molar-refractivity contribution < 1.29 is 0 Å². The van der Waals surface area contributed by atoms with Crippen molar-refractivity contribution in [3.8, 4) is 0 Å². The topological polar surface area (TPSA) is 0 Å². The van der Waals surface area contributed by atoms with Crippen molar-refractivity contribution in [2.75, 3.05) is 0 Å². The summed E-state index contributed by atoms with van der Waals surface area (Å²) in [4.78, 5) is 0. The van der Waals surface area contributed by atoms with Gasteiger partial charge in [-0.2, -0.15) is 0 Å². The average molecular weight is 489 g/mol. The van der Waals surface area contributed by atoms with E-state index in [9.17, 15) is 0 Å². The molecule has 1 unspecified atom stereocenters. The maximum Gasteiger partial charge on any atom is -0.0271 e. The van der Waals surface area contributed by atoms with E-state index in [4.69, 9.17) is 0 Å². The van der Waals surface area contributed by atoms with Crippen LogP contribution in [-0.2, 0) is 0 Å². The van der Waals surface area contributed by atoms with Crippen LogP contribution in [0.2, 0.25) is 0 Å². The van der Waals surface area contributed by atoms with Crippen molar-refractivity contribution in [2.45, 2.75) is 168 Å². The lowest BCUT2D eigenvalue weighted by molar-refractivity contribution is 0.212. The molecule has 0 heteroatoms. The molecule has 0 aromatic carbocycles. The van der Waals surface area contributed by atoms with Crippen LogP contribution < -0.4 is 0 Å². The lowest BCUT2D eigenvalue weighted by atomic mass is 9.74. The van der Waals surface area contributed by atoms with Gasteiger partial charge in [-0.05, 0) is 98.7 Å². The number of allylic oxidation sites excluding steroid dienone is 4. The summed E-state index contributed by atoms with van der Waals surface area (Å²) in [6.07, 6.45) is 19.2. The predicted octanol–water partition coefficient (Wildman–Crippen LogP) is 12.6. The molecule has 0 heterocycles. The van der Waals surface area contributed by atoms with Crippen molar-refractivity contribution in [2.24, 2.45) is 33.5 Å². The van der Waals surface area contributed by atoms with E-state index in [0.29, 0.717) is 21.7 Å². The van der Waals surface area contributed by atoms with Crippen molar-refractivity contribution in [3.05, 3.63) is 23.3 Å². The third-order valence-electron chi connectivity index (χ3n) is 8.06. The number of rotatable bonds is 18. The molecule has 0 amide bonds. The van der Waals surface area contributed by atoms with Gasteiger partial charge in [0.1, 0.15) is 0 Å². The van der Waals surface area contributed by atoms with Gasteiger partial charge in [0, 0.05) is 0 Å². The second-order valence-electron chi connectivity index (χ2n) is 16.1. The van der Waals surface area contributed by atoms with Crippen molar-refractivity contribution in [1.82, 2.24) is 0 Å². The summed E-state index contributed by atoms with van der Waals surface area (Å²) < 4.78 is 0. The van der Waals surface area contributed by atoms with Crippen LogP contribution >= 0.6 is 0 Å². The van der Waals surface area contributed by atoms with E-state index in [1.165, 1.54) is 70.6 Å². The summed E-state index contributed by atoms with van der Waals surface area (Å²) in [7, 11) is 0. The molecule has 0 aromatic heterocycles. The Labute approximate surface area is 224 Å². The Balaban J connectivity index is 4.70. The minimum absolute atomic E-state index is 0.331. The van der Waals surface area contributed by atoms with Gasteiger partial charge in [0.2, 0.25) is 0 Å². The quantitative estimate of drug-likeness (QED) is 0.168. The summed E-state index contributed by atoms with van der Waals surface area (Å²) in [5.74, 6) is 1.64. The molecule has 0 nitrogen and oxygen atoms in total. The van der Waals surface area contributed by atoms with Crippen LogP contribution in [0.25, 0.3) is 0 Å². The maximum absolute atomic E-state index is 2.55. The minimum Gasteiger partial charge on any atom is -0.0850 e. The highest BCUT2D eigenvalue weighted by Crippen LogP contribution is 2.38. The van der Waals surface area contributed by atoms with Crippen LogP contribution in [-0.4, -0.2) is 0 Å². The zero-order valence-electron chi connectivity index (χ0n) is 27.1. The molecule has 0 fully saturated rings. The molecule has 1 atom stereocenters. The normalized spacial score (nSPS) is 15.7. The highest BCUT2D eigenvalue weighted by atomic mass is 14.3. The molecule has 0 radical (unpaired) electrons. The van der Waals surface area contributed by atoms with E-state index >= 15 is 0 Å². The standard InChI is InChI=1S/C35H68/c1-15-20-33(9,10)25-29(4)17-22-32(7,8)23-18-30(5)27-35(13,14)24-19-31(6)26-34(11,12)21-16-28(2)3/h17-18,28,31H,15-16,19-27H2,1-14H3. The monoisotopic (exact) mass is 489 g/mol. The van der Waals surface area contributed by atoms with E-state index in [0.717, 1.165) is 11.8 Å². The lowest BCUT2D eigenvalue weighted by Gasteiger charge is -2.32. The van der Waals surface area contributed by atoms with Crippen LogP contribution in [0.3, 0.4) is 0 Å². The van der Waals surface area contributed by atoms with Gasteiger partial charge < -0.3 is 0 Å². The van der Waals surface area contributed by atoms with Crippen molar-refractivity contribution in [3.63, 3.8) is 0 Å². The third kappa shape index (κ3) is 18.4. The fourth-order valence-corrected chi connectivity index (χ4v) is 5.96. The Kier molecular flexibility index (Phi) is 14.8. The molecule has 0 aromatic rings. The largest absolute Gasteiger partial charge is 0.0850 e. The Morgan fingerprint density at radius 2 is 1.03 bits per heavy atom. The molecule has 0 aliphatic heterocycles. The Bertz CT molecular complexity index is 635. The molecule has 0 aliphatic rings. The van der Waals surface area contributed by atoms with Gasteiger partial charge >= 0.3 is 0 Å². The molecule has 0 saturated heterocycles. The van der Waals surface area contributed by atoms with Crippen LogP contribution in [0.15, 0.2) is 23.3 Å². The zero-order valence-corrected chi connectivity index (χ0v) is 27.1. The van der Waals surface area contributed by atoms with E-state index in [-0.39, 0.29) is 0 Å². The first-order valence-corrected chi connectivity index (χ1v) is 15.1. The highest BCUT2D eigenvalue weighted by molar-refractivity contribution is 5.06. The Morgan fingerprint density at radius 3 is 1.46 bits per heavy atom. The summed E-state index contributed by atoms with van der Waals surface area (Å²) >= 11 is 0. The first-order valence-electron chi connectivity index (χ1n) is 15.1. The summed E-state index contributed by atoms with van der Waals surface area (Å²) in [5.41, 5.74) is 4.79. The summed E-state index contributed by atoms with van der Waals surface area (Å²) in [6, 6.07) is 0. The van der Waals surface area contributed by atoms with Gasteiger partial charge in [0.25, 0.3) is 0 Å². The summed E-state index contributed by atoms with van der Waals surface area (Å²) in [6.45, 7) is 33.8. The first-order chi connectivity index (χ1) is 15.8. The molecular weight excluding hydrogens is 420 g/mol. The predicted molar refractivity (Wildman–Crippen MR) is 163 cm³/mol. The minimum atomic E-state index is 0.331. The highest BCUT2D eigenvalue weighted by Gasteiger charge is 2.25. The van der Waals surface area contributed by atoms with Gasteiger partial charge in [-0.15, -0.1) is 0 Å². The molecule has 0 aliphatic carbocycles. The molecule has 0 rings (SSSR count). The van der Waals surface area contributed by atoms with Crippen LogP contribution in [0.1, 0.15) is 168 Å². The molecular formula is C35H68. The molecule has 0 bridgehead atoms. The van der Waals surface area contributed by atoms with Gasteiger partial charge in [0.05, 0.1) is 0 Å². The Hall–Kier alpha value is -0.520. The molecule has 35 heavy (non-hydrogen) atoms. The molecule has 0 spiro atoms. The molecule has 0 saturated carbocycles. The van der Waals surface area contributed by atoms with E-state index in [2.05, 4.69) is 109 Å². The lowest BCUT2D eigenvalue weighted by Crippen LogP contribution is -2.19. The van der Waals surface area contributed by atoms with Crippen molar-refractivity contribution in [1.29, 1.82) is 0 Å². The molecule has 208 valence electrons. The zero-order chi connectivity index (χ0) is 27.5. The van der Waals surface area contributed by atoms with Gasteiger partial charge in [-0.1, -0.05) is 126 Å². The SMILES string of the molecule is CCCC(C)(C)CC(C)=CCC(C)(C)CC=C(C)CC(C)(C)CCC(C)CC(C)(C)CCC(C)C. The van der Waals surface area contributed by atoms with Crippen LogP contribution in [0.5, 0.6) is 0 Å². The van der Waals surface area contributed by atoms with Crippen LogP contribution in [0, 0.1) is 33.5 Å². The van der Waals surface area contributed by atoms with E-state index < -0.39 is 0 Å². The van der Waals surface area contributed by atoms with E-state index in [1.54, 1.807) is 11.1 Å². The number of hydrogen-bond acceptors (Lipinski definition) is 0. The summed E-state index contributed by atoms with van der Waals surface area (Å²) in [5, 5.41) is 0. The van der Waals surface area contributed by atoms with Gasteiger partial charge in [-0.3, -0.25) is 0 Å². The smallest absolute Gasteiger partial charge is 0.0271 e. The number of hydrogen-bond donors (Lipinski definition) is 0. The van der Waals surface area contributed by atoms with Gasteiger partial charge in [-0.25, -0.2) is 0 Å². The second-order valence-corrected chi connectivity index (χ2v) is 16.1. The van der Waals surface area contributed by atoms with Crippen molar-refractivity contribution >= 4 is 0 Å². The fourth-order valence-electron chi connectivity index (χ4n) is 5.96. The van der Waals surface area contributed by atoms with Crippen LogP contribution in [0.4, 0.5) is 0 Å². The average Bonchev–Trinajstić information content (AvgIpc) is 2.67. The molecule has 0 N–H and O–H groups in total. The van der Waals surface area contributed by atoms with E-state index in [1.807, 2.05) is 0 Å². The second kappa shape index (κ2) is 15.0. The van der Waals surface area contributed by atoms with Gasteiger partial charge in [0.15, 0.2) is 0 Å². The third-order valence-corrected chi connectivity index (χ3v) is 8.06. The Morgan fingerprint density at radius 1 is 0.600 bits per heavy atom. The fraction of sp³-hybridized carbons (Fsp3) is 0.886.